The molecule has 0 aromatic heterocycles. The highest BCUT2D eigenvalue weighted by Gasteiger charge is 2.34. The maximum absolute atomic E-state index is 9.33. The normalized spacial score (nSPS) is 48.9. The topological polar surface area (TPSA) is 98.7 Å². The Morgan fingerprint density at radius 3 is 2.73 bits per heavy atom. The molecule has 11 heavy (non-hydrogen) atoms. The van der Waals surface area contributed by atoms with Crippen molar-refractivity contribution in [2.75, 3.05) is 13.2 Å². The highest BCUT2D eigenvalue weighted by molar-refractivity contribution is 4.93. The molecule has 0 radical (unpaired) electrons. The summed E-state index contributed by atoms with van der Waals surface area (Å²) in [7, 11) is 0. The van der Waals surface area contributed by atoms with Crippen LogP contribution >= 0.6 is 0 Å². The molecule has 66 valence electrons. The third kappa shape index (κ3) is 1.69. The van der Waals surface area contributed by atoms with Crippen molar-refractivity contribution >= 4 is 0 Å². The smallest absolute Gasteiger partial charge is 0.123 e. The van der Waals surface area contributed by atoms with Gasteiger partial charge >= 0.3 is 0 Å². The van der Waals surface area contributed by atoms with E-state index >= 15 is 0 Å². The van der Waals surface area contributed by atoms with Gasteiger partial charge in [0, 0.05) is 12.6 Å². The Bertz CT molecular complexity index is 160. The first-order valence-electron chi connectivity index (χ1n) is 4.00. The predicted octanol–water partition coefficient (Wildman–Crippen LogP) is -3.00. The number of rotatable bonds is 1. The van der Waals surface area contributed by atoms with E-state index in [-0.39, 0.29) is 13.2 Å². The van der Waals surface area contributed by atoms with Crippen LogP contribution in [-0.4, -0.2) is 52.8 Å². The van der Waals surface area contributed by atoms with Gasteiger partial charge in [-0.2, -0.15) is 0 Å². The highest BCUT2D eigenvalue weighted by atomic mass is 16.3. The second-order valence-corrected chi connectivity index (χ2v) is 2.76. The molecule has 0 unspecified atom stereocenters. The van der Waals surface area contributed by atoms with Crippen molar-refractivity contribution in [1.29, 1.82) is 0 Å². The zero-order valence-electron chi connectivity index (χ0n) is 7.09. The van der Waals surface area contributed by atoms with E-state index in [4.69, 9.17) is 12.3 Å². The minimum atomic E-state index is -1.14. The molecule has 1 saturated heterocycles. The van der Waals surface area contributed by atoms with Gasteiger partial charge in [-0.1, -0.05) is 0 Å². The number of hydrogen-bond acceptors (Lipinski definition) is 5. The molecule has 0 spiro atoms. The van der Waals surface area contributed by atoms with Gasteiger partial charge < -0.3 is 26.4 Å². The maximum atomic E-state index is 9.33. The van der Waals surface area contributed by atoms with E-state index in [0.717, 1.165) is 5.31 Å². The number of piperidine rings is 1. The van der Waals surface area contributed by atoms with Crippen LogP contribution in [0.2, 0.25) is 1.41 Å². The van der Waals surface area contributed by atoms with Gasteiger partial charge in [-0.25, -0.2) is 0 Å². The second kappa shape index (κ2) is 3.46. The predicted molar refractivity (Wildman–Crippen MR) is 38.9 cm³/mol. The molecule has 0 saturated carbocycles. The molecule has 0 aromatic rings. The molecule has 5 heteroatoms. The molecule has 0 bridgehead atoms. The van der Waals surface area contributed by atoms with Crippen molar-refractivity contribution in [2.24, 2.45) is 5.73 Å². The quantitative estimate of drug-likeness (QED) is 0.284. The Morgan fingerprint density at radius 1 is 1.55 bits per heavy atom. The van der Waals surface area contributed by atoms with E-state index in [1.54, 1.807) is 0 Å². The average molecular weight is 163 g/mol. The van der Waals surface area contributed by atoms with Gasteiger partial charge in [0.25, 0.3) is 0 Å². The van der Waals surface area contributed by atoms with Gasteiger partial charge in [0.05, 0.1) is 24.9 Å². The Labute approximate surface area is 66.3 Å². The Hall–Kier alpha value is -0.200. The summed E-state index contributed by atoms with van der Waals surface area (Å²) in [6.07, 6.45) is -2.19. The van der Waals surface area contributed by atoms with Gasteiger partial charge in [0.1, 0.15) is 1.41 Å². The van der Waals surface area contributed by atoms with Crippen LogP contribution in [0.15, 0.2) is 0 Å². The standard InChI is InChI=1S/C6H14N2O3/c7-3-1-8-4(2-9)6(11)5(3)10/h3-6,8-11H,1-2,7H2/t3-,4+,5+,6+/m0/s1/i/hD. The van der Waals surface area contributed by atoms with Crippen LogP contribution in [0.3, 0.4) is 0 Å². The molecule has 6 N–H and O–H groups in total. The largest absolute Gasteiger partial charge is 0.395 e. The van der Waals surface area contributed by atoms with E-state index in [2.05, 4.69) is 0 Å². The van der Waals surface area contributed by atoms with Crippen molar-refractivity contribution in [3.05, 3.63) is 0 Å². The summed E-state index contributed by atoms with van der Waals surface area (Å²) in [5, 5.41) is 28.4. The Kier molecular flexibility index (Phi) is 2.35. The van der Waals surface area contributed by atoms with E-state index in [9.17, 15) is 10.2 Å². The lowest BCUT2D eigenvalue weighted by Gasteiger charge is -2.35. The number of aliphatic hydroxyl groups is 3. The summed E-state index contributed by atoms with van der Waals surface area (Å²) in [6.45, 7) is -0.197. The lowest BCUT2D eigenvalue weighted by Crippen LogP contribution is -2.63. The molecule has 1 aliphatic rings. The van der Waals surface area contributed by atoms with Crippen LogP contribution < -0.4 is 11.0 Å². The number of nitrogens with two attached hydrogens (primary N) is 1. The summed E-state index contributed by atoms with van der Waals surface area (Å²) in [6, 6.07) is -1.36. The van der Waals surface area contributed by atoms with Crippen LogP contribution in [0.1, 0.15) is 0 Å². The summed E-state index contributed by atoms with van der Waals surface area (Å²) in [5.74, 6) is 0. The number of hydrogen-bond donors (Lipinski definition) is 5. The first-order valence-corrected chi connectivity index (χ1v) is 3.56. The fraction of sp³-hybridized carbons (Fsp3) is 1.00. The molecule has 1 fully saturated rings. The van der Waals surface area contributed by atoms with Crippen LogP contribution in [0.25, 0.3) is 0 Å². The molecule has 0 amide bonds. The van der Waals surface area contributed by atoms with E-state index in [0.29, 0.717) is 0 Å². The lowest BCUT2D eigenvalue weighted by molar-refractivity contribution is -0.0480. The molecule has 5 nitrogen and oxygen atoms in total. The summed E-state index contributed by atoms with van der Waals surface area (Å²) in [4.78, 5) is 0. The Balaban J connectivity index is 2.65. The SMILES string of the molecule is [2H]N1C[C@H](N)[C@@H](O)[C@H](O)[C@H]1CO. The highest BCUT2D eigenvalue weighted by Crippen LogP contribution is 2.08. The number of aliphatic hydroxyl groups excluding tert-OH is 3. The summed E-state index contributed by atoms with van der Waals surface area (Å²) in [5.41, 5.74) is 5.42. The minimum absolute atomic E-state index is 0.156. The van der Waals surface area contributed by atoms with Crippen molar-refractivity contribution in [3.63, 3.8) is 0 Å². The van der Waals surface area contributed by atoms with Gasteiger partial charge in [0.2, 0.25) is 0 Å². The van der Waals surface area contributed by atoms with Gasteiger partial charge in [0.15, 0.2) is 0 Å². The molecule has 0 aromatic carbocycles. The van der Waals surface area contributed by atoms with E-state index in [1.165, 1.54) is 0 Å². The molecule has 1 heterocycles. The third-order valence-electron chi connectivity index (χ3n) is 1.92. The van der Waals surface area contributed by atoms with Crippen molar-refractivity contribution in [3.8, 4) is 0 Å². The number of nitrogens with one attached hydrogen (secondary N) is 1. The maximum Gasteiger partial charge on any atom is 0.123 e. The van der Waals surface area contributed by atoms with Gasteiger partial charge in [-0.15, -0.1) is 0 Å². The van der Waals surface area contributed by atoms with E-state index < -0.39 is 24.3 Å². The Morgan fingerprint density at radius 2 is 2.18 bits per heavy atom. The monoisotopic (exact) mass is 163 g/mol. The molecular weight excluding hydrogens is 148 g/mol. The summed E-state index contributed by atoms with van der Waals surface area (Å²) >= 11 is 0. The third-order valence-corrected chi connectivity index (χ3v) is 1.92. The van der Waals surface area contributed by atoms with Crippen molar-refractivity contribution in [2.45, 2.75) is 24.3 Å². The minimum Gasteiger partial charge on any atom is -0.395 e. The fourth-order valence-electron chi connectivity index (χ4n) is 1.12. The van der Waals surface area contributed by atoms with Crippen molar-refractivity contribution < 1.29 is 16.7 Å². The molecule has 0 aliphatic carbocycles. The zero-order valence-corrected chi connectivity index (χ0v) is 6.09. The molecule has 4 atom stereocenters. The fourth-order valence-corrected chi connectivity index (χ4v) is 1.12. The molecule has 1 rings (SSSR count). The second-order valence-electron chi connectivity index (χ2n) is 2.76. The average Bonchev–Trinajstić information content (AvgIpc) is 2.01. The van der Waals surface area contributed by atoms with Crippen LogP contribution in [-0.2, 0) is 0 Å². The van der Waals surface area contributed by atoms with Gasteiger partial charge in [-0.05, 0) is 0 Å². The lowest BCUT2D eigenvalue weighted by atomic mass is 9.95. The van der Waals surface area contributed by atoms with Crippen molar-refractivity contribution in [1.82, 2.24) is 5.31 Å². The first-order chi connectivity index (χ1) is 5.57. The van der Waals surface area contributed by atoms with Crippen LogP contribution in [0.4, 0.5) is 0 Å². The van der Waals surface area contributed by atoms with Crippen LogP contribution in [0, 0.1) is 0 Å². The van der Waals surface area contributed by atoms with E-state index in [1.807, 2.05) is 0 Å². The zero-order chi connectivity index (χ0) is 9.30. The van der Waals surface area contributed by atoms with Gasteiger partial charge in [-0.3, -0.25) is 0 Å². The molecular formula is C6H14N2O3. The first kappa shape index (κ1) is 7.45. The summed E-state index contributed by atoms with van der Waals surface area (Å²) < 4.78 is 7.30. The molecule has 1 aliphatic heterocycles. The van der Waals surface area contributed by atoms with Crippen LogP contribution in [0.5, 0.6) is 0 Å².